The van der Waals surface area contributed by atoms with Crippen LogP contribution in [0.5, 0.6) is 0 Å². The fraction of sp³-hybridized carbons (Fsp3) is 0.467. The van der Waals surface area contributed by atoms with E-state index in [1.54, 1.807) is 0 Å². The number of rotatable bonds is 6. The number of allylic oxidation sites excluding steroid dienone is 1. The molecule has 0 aliphatic rings. The van der Waals surface area contributed by atoms with E-state index in [-0.39, 0.29) is 11.5 Å². The predicted molar refractivity (Wildman–Crippen MR) is 87.3 cm³/mol. The summed E-state index contributed by atoms with van der Waals surface area (Å²) in [6, 6.07) is 9.70. The minimum atomic E-state index is -5.60. The molecular formula is C15H21F3O3SSi. The fourth-order valence-electron chi connectivity index (χ4n) is 2.60. The van der Waals surface area contributed by atoms with Gasteiger partial charge in [0.25, 0.3) is 0 Å². The van der Waals surface area contributed by atoms with Crippen molar-refractivity contribution in [3.63, 3.8) is 0 Å². The van der Waals surface area contributed by atoms with Crippen molar-refractivity contribution in [1.29, 1.82) is 0 Å². The molecule has 0 fully saturated rings. The number of benzene rings is 1. The fourth-order valence-corrected chi connectivity index (χ4v) is 6.58. The second-order valence-electron chi connectivity index (χ2n) is 6.18. The van der Waals surface area contributed by atoms with Crippen molar-refractivity contribution in [3.8, 4) is 0 Å². The maximum Gasteiger partial charge on any atom is 0.534 e. The van der Waals surface area contributed by atoms with Gasteiger partial charge in [-0.05, 0) is 17.5 Å². The molecule has 0 heterocycles. The summed E-state index contributed by atoms with van der Waals surface area (Å²) in [4.78, 5) is 0. The molecule has 0 radical (unpaired) electrons. The first-order valence-corrected chi connectivity index (χ1v) is 11.6. The highest BCUT2D eigenvalue weighted by Gasteiger charge is 2.48. The van der Waals surface area contributed by atoms with Crippen LogP contribution in [0.15, 0.2) is 42.7 Å². The van der Waals surface area contributed by atoms with Crippen LogP contribution < -0.4 is 5.19 Å². The van der Waals surface area contributed by atoms with Crippen LogP contribution in [0.4, 0.5) is 13.2 Å². The molecule has 1 unspecified atom stereocenters. The average Bonchev–Trinajstić information content (AvgIpc) is 2.42. The Morgan fingerprint density at radius 1 is 1.13 bits per heavy atom. The van der Waals surface area contributed by atoms with Crippen LogP contribution in [-0.4, -0.2) is 22.0 Å². The van der Waals surface area contributed by atoms with Crippen molar-refractivity contribution in [2.45, 2.75) is 38.0 Å². The molecule has 23 heavy (non-hydrogen) atoms. The molecular weight excluding hydrogens is 345 g/mol. The van der Waals surface area contributed by atoms with Crippen molar-refractivity contribution in [2.24, 2.45) is 5.92 Å². The van der Waals surface area contributed by atoms with E-state index in [1.165, 1.54) is 6.08 Å². The van der Waals surface area contributed by atoms with E-state index in [0.717, 1.165) is 5.19 Å². The zero-order valence-electron chi connectivity index (χ0n) is 13.5. The van der Waals surface area contributed by atoms with Crippen LogP contribution in [-0.2, 0) is 14.3 Å². The van der Waals surface area contributed by atoms with Gasteiger partial charge in [0.2, 0.25) is 0 Å². The molecule has 1 aromatic carbocycles. The molecule has 0 spiro atoms. The molecule has 1 aromatic rings. The van der Waals surface area contributed by atoms with Gasteiger partial charge in [0.1, 0.15) is 6.26 Å². The smallest absolute Gasteiger partial charge is 0.384 e. The lowest BCUT2D eigenvalue weighted by Crippen LogP contribution is -2.47. The minimum Gasteiger partial charge on any atom is -0.384 e. The topological polar surface area (TPSA) is 43.4 Å². The third-order valence-corrected chi connectivity index (χ3v) is 9.10. The zero-order chi connectivity index (χ0) is 17.9. The molecule has 1 rings (SSSR count). The number of hydrogen-bond donors (Lipinski definition) is 0. The lowest BCUT2D eigenvalue weighted by molar-refractivity contribution is -0.0515. The Balaban J connectivity index is 3.03. The molecule has 0 saturated carbocycles. The molecule has 0 aliphatic carbocycles. The summed E-state index contributed by atoms with van der Waals surface area (Å²) in [5, 5.41) is 1.14. The van der Waals surface area contributed by atoms with Crippen molar-refractivity contribution in [2.75, 3.05) is 0 Å². The Kier molecular flexibility index (Phi) is 6.09. The van der Waals surface area contributed by atoms with Crippen LogP contribution in [0.2, 0.25) is 18.6 Å². The van der Waals surface area contributed by atoms with E-state index in [2.05, 4.69) is 17.3 Å². The summed E-state index contributed by atoms with van der Waals surface area (Å²) in [7, 11) is -7.66. The third kappa shape index (κ3) is 4.84. The molecule has 8 heteroatoms. The van der Waals surface area contributed by atoms with Gasteiger partial charge in [0.05, 0.1) is 8.07 Å². The quantitative estimate of drug-likeness (QED) is 0.331. The van der Waals surface area contributed by atoms with E-state index in [1.807, 2.05) is 44.2 Å². The Hall–Kier alpha value is -1.28. The van der Waals surface area contributed by atoms with Crippen LogP contribution in [0.3, 0.4) is 0 Å². The van der Waals surface area contributed by atoms with E-state index in [0.29, 0.717) is 6.26 Å². The van der Waals surface area contributed by atoms with Gasteiger partial charge < -0.3 is 4.18 Å². The second-order valence-corrected chi connectivity index (χ2v) is 12.4. The van der Waals surface area contributed by atoms with Gasteiger partial charge in [-0.25, -0.2) is 0 Å². The van der Waals surface area contributed by atoms with E-state index < -0.39 is 23.7 Å². The maximum atomic E-state index is 12.3. The average molecular weight is 366 g/mol. The standard InChI is InChI=1S/C15H21F3O3SSi/c1-12(2)14(10-11-21-22(19,20)15(16,17)18)23(3,4)13-8-6-5-7-9-13/h5-12,14H,1-4H3/b11-10+. The summed E-state index contributed by atoms with van der Waals surface area (Å²) in [6.45, 7) is 8.08. The van der Waals surface area contributed by atoms with Crippen molar-refractivity contribution in [3.05, 3.63) is 42.7 Å². The highest BCUT2D eigenvalue weighted by Crippen LogP contribution is 2.32. The van der Waals surface area contributed by atoms with Gasteiger partial charge in [-0.1, -0.05) is 62.5 Å². The Labute approximate surface area is 136 Å². The summed E-state index contributed by atoms with van der Waals surface area (Å²) in [5.41, 5.74) is -5.50. The van der Waals surface area contributed by atoms with Crippen LogP contribution in [0, 0.1) is 5.92 Å². The lowest BCUT2D eigenvalue weighted by atomic mass is 10.1. The number of halogens is 3. The van der Waals surface area contributed by atoms with Crippen molar-refractivity contribution in [1.82, 2.24) is 0 Å². The van der Waals surface area contributed by atoms with Crippen LogP contribution in [0.25, 0.3) is 0 Å². The first-order valence-electron chi connectivity index (χ1n) is 7.11. The van der Waals surface area contributed by atoms with Gasteiger partial charge in [0.15, 0.2) is 0 Å². The third-order valence-electron chi connectivity index (χ3n) is 3.82. The first kappa shape index (κ1) is 19.8. The summed E-state index contributed by atoms with van der Waals surface area (Å²) in [6.07, 6.45) is 2.10. The van der Waals surface area contributed by atoms with Gasteiger partial charge >= 0.3 is 15.6 Å². The Bertz CT molecular complexity index is 638. The van der Waals surface area contributed by atoms with Gasteiger partial charge in [-0.3, -0.25) is 0 Å². The monoisotopic (exact) mass is 366 g/mol. The van der Waals surface area contributed by atoms with Crippen LogP contribution in [0.1, 0.15) is 13.8 Å². The molecule has 0 saturated heterocycles. The largest absolute Gasteiger partial charge is 0.534 e. The van der Waals surface area contributed by atoms with E-state index in [4.69, 9.17) is 0 Å². The predicted octanol–water partition coefficient (Wildman–Crippen LogP) is 4.01. The molecule has 1 atom stereocenters. The molecule has 0 bridgehead atoms. The van der Waals surface area contributed by atoms with Crippen molar-refractivity contribution < 1.29 is 25.8 Å². The summed E-state index contributed by atoms with van der Waals surface area (Å²) >= 11 is 0. The molecule has 0 aromatic heterocycles. The van der Waals surface area contributed by atoms with Crippen molar-refractivity contribution >= 4 is 23.4 Å². The molecule has 3 nitrogen and oxygen atoms in total. The summed E-state index contributed by atoms with van der Waals surface area (Å²) in [5.74, 6) is 0.130. The molecule has 0 aliphatic heterocycles. The van der Waals surface area contributed by atoms with Gasteiger partial charge in [0, 0.05) is 0 Å². The lowest BCUT2D eigenvalue weighted by Gasteiger charge is -2.33. The number of hydrogen-bond acceptors (Lipinski definition) is 3. The van der Waals surface area contributed by atoms with E-state index in [9.17, 15) is 21.6 Å². The highest BCUT2D eigenvalue weighted by molar-refractivity contribution is 7.87. The Morgan fingerprint density at radius 2 is 1.65 bits per heavy atom. The van der Waals surface area contributed by atoms with Gasteiger partial charge in [-0.2, -0.15) is 21.6 Å². The Morgan fingerprint density at radius 3 is 2.09 bits per heavy atom. The van der Waals surface area contributed by atoms with E-state index >= 15 is 0 Å². The first-order chi connectivity index (χ1) is 10.4. The highest BCUT2D eigenvalue weighted by atomic mass is 32.2. The normalized spacial score (nSPS) is 15.1. The molecule has 0 N–H and O–H groups in total. The second kappa shape index (κ2) is 7.08. The molecule has 0 amide bonds. The number of alkyl halides is 3. The molecule has 130 valence electrons. The van der Waals surface area contributed by atoms with Crippen LogP contribution >= 0.6 is 0 Å². The zero-order valence-corrected chi connectivity index (χ0v) is 15.3. The SMILES string of the molecule is CC(C)C(/C=C/OS(=O)(=O)C(F)(F)F)[Si](C)(C)c1ccccc1. The summed E-state index contributed by atoms with van der Waals surface area (Å²) < 4.78 is 62.7. The minimum absolute atomic E-state index is 0.0756. The van der Waals surface area contributed by atoms with Gasteiger partial charge in [-0.15, -0.1) is 0 Å². The maximum absolute atomic E-state index is 12.3.